The lowest BCUT2D eigenvalue weighted by molar-refractivity contribution is 0.0813. The Morgan fingerprint density at radius 1 is 1.12 bits per heavy atom. The van der Waals surface area contributed by atoms with Crippen LogP contribution in [0, 0.1) is 17.0 Å². The summed E-state index contributed by atoms with van der Waals surface area (Å²) in [7, 11) is 0. The van der Waals surface area contributed by atoms with Gasteiger partial charge in [-0.1, -0.05) is 31.4 Å². The Labute approximate surface area is 100 Å². The lowest BCUT2D eigenvalue weighted by Crippen LogP contribution is -2.31. The Morgan fingerprint density at radius 3 is 2.47 bits per heavy atom. The van der Waals surface area contributed by atoms with E-state index in [4.69, 9.17) is 0 Å². The topological polar surface area (TPSA) is 20.2 Å². The van der Waals surface area contributed by atoms with E-state index in [0.717, 1.165) is 31.7 Å². The Balaban J connectivity index is 2.20. The van der Waals surface area contributed by atoms with Crippen LogP contribution in [0.1, 0.15) is 37.7 Å². The van der Waals surface area contributed by atoms with Crippen molar-refractivity contribution in [3.8, 4) is 0 Å². The quantitative estimate of drug-likeness (QED) is 0.858. The molecule has 1 N–H and O–H groups in total. The first-order valence-electron chi connectivity index (χ1n) is 6.21. The fourth-order valence-electron chi connectivity index (χ4n) is 2.78. The number of hydrogen-bond acceptors (Lipinski definition) is 1. The molecule has 1 aromatic carbocycles. The van der Waals surface area contributed by atoms with Crippen LogP contribution in [0.2, 0.25) is 0 Å². The molecule has 3 heteroatoms. The maximum absolute atomic E-state index is 13.6. The summed E-state index contributed by atoms with van der Waals surface area (Å²) in [6, 6.07) is 4.28. The van der Waals surface area contributed by atoms with E-state index >= 15 is 0 Å². The summed E-state index contributed by atoms with van der Waals surface area (Å²) < 4.78 is 26.7. The molecule has 0 aromatic heterocycles. The van der Waals surface area contributed by atoms with E-state index in [1.165, 1.54) is 12.5 Å². The lowest BCUT2D eigenvalue weighted by atomic mass is 9.71. The maximum Gasteiger partial charge on any atom is 0.162 e. The number of hydrogen-bond donors (Lipinski definition) is 1. The predicted molar refractivity (Wildman–Crippen MR) is 62.7 cm³/mol. The molecule has 1 fully saturated rings. The first kappa shape index (κ1) is 12.5. The summed E-state index contributed by atoms with van der Waals surface area (Å²) in [6.45, 7) is 0.0585. The average Bonchev–Trinajstić information content (AvgIpc) is 2.36. The fourth-order valence-corrected chi connectivity index (χ4v) is 2.78. The van der Waals surface area contributed by atoms with Crippen LogP contribution in [0.25, 0.3) is 0 Å². The van der Waals surface area contributed by atoms with Crippen LogP contribution in [-0.4, -0.2) is 11.7 Å². The van der Waals surface area contributed by atoms with Crippen molar-refractivity contribution >= 4 is 0 Å². The molecule has 0 heterocycles. The van der Waals surface area contributed by atoms with Gasteiger partial charge in [-0.15, -0.1) is 0 Å². The van der Waals surface area contributed by atoms with E-state index in [-0.39, 0.29) is 12.0 Å². The molecular weight excluding hydrogens is 222 g/mol. The molecule has 2 rings (SSSR count). The first-order chi connectivity index (χ1) is 8.17. The third-order valence-electron chi connectivity index (χ3n) is 3.85. The molecule has 0 amide bonds. The van der Waals surface area contributed by atoms with E-state index in [0.29, 0.717) is 12.0 Å². The Morgan fingerprint density at radius 2 is 1.82 bits per heavy atom. The number of aliphatic hydroxyl groups excluding tert-OH is 1. The number of halogens is 2. The minimum absolute atomic E-state index is 0.0585. The molecule has 94 valence electrons. The molecule has 0 aliphatic heterocycles. The van der Waals surface area contributed by atoms with Crippen molar-refractivity contribution in [2.45, 2.75) is 38.5 Å². The average molecular weight is 240 g/mol. The summed E-state index contributed by atoms with van der Waals surface area (Å²) in [5.41, 5.74) is 0.147. The number of benzene rings is 1. The second-order valence-electron chi connectivity index (χ2n) is 5.11. The lowest BCUT2D eigenvalue weighted by Gasteiger charge is -2.35. The highest BCUT2D eigenvalue weighted by Crippen LogP contribution is 2.39. The van der Waals surface area contributed by atoms with Gasteiger partial charge in [0, 0.05) is 6.61 Å². The fraction of sp³-hybridized carbons (Fsp3) is 0.571. The minimum Gasteiger partial charge on any atom is -0.396 e. The molecule has 0 saturated heterocycles. The van der Waals surface area contributed by atoms with Crippen LogP contribution in [-0.2, 0) is 6.42 Å². The van der Waals surface area contributed by atoms with E-state index in [1.807, 2.05) is 0 Å². The summed E-state index contributed by atoms with van der Waals surface area (Å²) in [5.74, 6) is -1.56. The SMILES string of the molecule is OCC1(Cc2cccc(F)c2F)CCCCC1. The Bertz CT molecular complexity index is 384. The highest BCUT2D eigenvalue weighted by Gasteiger charge is 2.32. The van der Waals surface area contributed by atoms with Gasteiger partial charge < -0.3 is 5.11 Å². The van der Waals surface area contributed by atoms with Gasteiger partial charge in [-0.2, -0.15) is 0 Å². The van der Waals surface area contributed by atoms with Crippen molar-refractivity contribution in [3.05, 3.63) is 35.4 Å². The summed E-state index contributed by atoms with van der Waals surface area (Å²) in [4.78, 5) is 0. The third-order valence-corrected chi connectivity index (χ3v) is 3.85. The summed E-state index contributed by atoms with van der Waals surface area (Å²) >= 11 is 0. The predicted octanol–water partition coefficient (Wildman–Crippen LogP) is 3.45. The van der Waals surface area contributed by atoms with Crippen molar-refractivity contribution in [2.24, 2.45) is 5.41 Å². The molecule has 1 nitrogen and oxygen atoms in total. The van der Waals surface area contributed by atoms with Crippen LogP contribution in [0.4, 0.5) is 8.78 Å². The van der Waals surface area contributed by atoms with Crippen molar-refractivity contribution in [1.82, 2.24) is 0 Å². The zero-order chi connectivity index (χ0) is 12.3. The van der Waals surface area contributed by atoms with Gasteiger partial charge >= 0.3 is 0 Å². The van der Waals surface area contributed by atoms with E-state index in [2.05, 4.69) is 0 Å². The van der Waals surface area contributed by atoms with Crippen LogP contribution in [0.3, 0.4) is 0 Å². The van der Waals surface area contributed by atoms with Crippen LogP contribution < -0.4 is 0 Å². The molecule has 0 bridgehead atoms. The van der Waals surface area contributed by atoms with Gasteiger partial charge in [-0.3, -0.25) is 0 Å². The van der Waals surface area contributed by atoms with E-state index in [9.17, 15) is 13.9 Å². The van der Waals surface area contributed by atoms with Crippen molar-refractivity contribution in [2.75, 3.05) is 6.61 Å². The monoisotopic (exact) mass is 240 g/mol. The molecule has 0 atom stereocenters. The Kier molecular flexibility index (Phi) is 3.77. The van der Waals surface area contributed by atoms with Crippen molar-refractivity contribution in [1.29, 1.82) is 0 Å². The zero-order valence-electron chi connectivity index (χ0n) is 9.88. The van der Waals surface area contributed by atoms with Gasteiger partial charge in [0.1, 0.15) is 0 Å². The molecule has 17 heavy (non-hydrogen) atoms. The number of aliphatic hydroxyl groups is 1. The molecule has 1 aromatic rings. The Hall–Kier alpha value is -0.960. The van der Waals surface area contributed by atoms with E-state index < -0.39 is 11.6 Å². The van der Waals surface area contributed by atoms with Crippen LogP contribution >= 0.6 is 0 Å². The summed E-state index contributed by atoms with van der Waals surface area (Å²) in [6.07, 6.45) is 5.55. The largest absolute Gasteiger partial charge is 0.396 e. The number of rotatable bonds is 3. The minimum atomic E-state index is -0.800. The van der Waals surface area contributed by atoms with Crippen LogP contribution in [0.5, 0.6) is 0 Å². The third kappa shape index (κ3) is 2.65. The second-order valence-corrected chi connectivity index (χ2v) is 5.11. The molecule has 0 unspecified atom stereocenters. The second kappa shape index (κ2) is 5.13. The molecule has 1 aliphatic carbocycles. The molecule has 1 saturated carbocycles. The van der Waals surface area contributed by atoms with Gasteiger partial charge in [-0.05, 0) is 36.3 Å². The highest BCUT2D eigenvalue weighted by atomic mass is 19.2. The van der Waals surface area contributed by atoms with Gasteiger partial charge in [-0.25, -0.2) is 8.78 Å². The molecule has 0 spiro atoms. The normalized spacial score (nSPS) is 19.2. The van der Waals surface area contributed by atoms with Gasteiger partial charge in [0.15, 0.2) is 11.6 Å². The van der Waals surface area contributed by atoms with Crippen molar-refractivity contribution in [3.63, 3.8) is 0 Å². The molecular formula is C14H18F2O. The van der Waals surface area contributed by atoms with Gasteiger partial charge in [0.2, 0.25) is 0 Å². The zero-order valence-corrected chi connectivity index (χ0v) is 9.88. The molecule has 1 aliphatic rings. The van der Waals surface area contributed by atoms with E-state index in [1.54, 1.807) is 6.07 Å². The maximum atomic E-state index is 13.6. The molecule has 0 radical (unpaired) electrons. The smallest absolute Gasteiger partial charge is 0.162 e. The van der Waals surface area contributed by atoms with Gasteiger partial charge in [0.05, 0.1) is 0 Å². The van der Waals surface area contributed by atoms with Gasteiger partial charge in [0.25, 0.3) is 0 Å². The highest BCUT2D eigenvalue weighted by molar-refractivity contribution is 5.20. The summed E-state index contributed by atoms with van der Waals surface area (Å²) in [5, 5.41) is 9.55. The van der Waals surface area contributed by atoms with Crippen LogP contribution in [0.15, 0.2) is 18.2 Å². The standard InChI is InChI=1S/C14H18F2O/c15-12-6-4-5-11(13(12)16)9-14(10-17)7-2-1-3-8-14/h4-6,17H,1-3,7-10H2. The van der Waals surface area contributed by atoms with Crippen molar-refractivity contribution < 1.29 is 13.9 Å². The first-order valence-corrected chi connectivity index (χ1v) is 6.21.